The van der Waals surface area contributed by atoms with Gasteiger partial charge in [0.15, 0.2) is 5.16 Å². The molecule has 41 heavy (non-hydrogen) atoms. The van der Waals surface area contributed by atoms with E-state index in [1.807, 2.05) is 71.8 Å². The summed E-state index contributed by atoms with van der Waals surface area (Å²) < 4.78 is 2.75. The molecule has 3 aliphatic rings. The molecule has 202 valence electrons. The maximum atomic E-state index is 13.2. The summed E-state index contributed by atoms with van der Waals surface area (Å²) in [6, 6.07) is 15.7. The van der Waals surface area contributed by atoms with Crippen LogP contribution in [0.25, 0.3) is 17.7 Å². The van der Waals surface area contributed by atoms with Crippen molar-refractivity contribution < 1.29 is 4.79 Å². The van der Waals surface area contributed by atoms with Crippen LogP contribution < -0.4 is 0 Å². The van der Waals surface area contributed by atoms with Gasteiger partial charge in [-0.3, -0.25) is 14.8 Å². The Morgan fingerprint density at radius 2 is 1.59 bits per heavy atom. The maximum Gasteiger partial charge on any atom is 0.224 e. The molecule has 0 fully saturated rings. The van der Waals surface area contributed by atoms with E-state index < -0.39 is 0 Å². The number of benzene rings is 1. The zero-order valence-electron chi connectivity index (χ0n) is 21.8. The number of hydrogen-bond donors (Lipinski definition) is 0. The van der Waals surface area contributed by atoms with Gasteiger partial charge in [-0.2, -0.15) is 0 Å². The molecule has 1 aromatic carbocycles. The molecule has 0 bridgehead atoms. The molecule has 1 atom stereocenters. The lowest BCUT2D eigenvalue weighted by molar-refractivity contribution is -0.108. The molecule has 0 spiro atoms. The van der Waals surface area contributed by atoms with Crippen molar-refractivity contribution >= 4 is 70.2 Å². The first-order chi connectivity index (χ1) is 20.0. The summed E-state index contributed by atoms with van der Waals surface area (Å²) in [5.74, 6) is 0. The summed E-state index contributed by atoms with van der Waals surface area (Å²) in [7, 11) is 0. The van der Waals surface area contributed by atoms with Gasteiger partial charge in [0, 0.05) is 40.9 Å². The molecule has 7 rings (SSSR count). The average Bonchev–Trinajstić information content (AvgIpc) is 3.00. The summed E-state index contributed by atoms with van der Waals surface area (Å²) in [5, 5.41) is 2.29. The lowest BCUT2D eigenvalue weighted by atomic mass is 9.80. The first-order valence-corrected chi connectivity index (χ1v) is 15.8. The molecule has 9 heteroatoms. The number of pyridine rings is 2. The van der Waals surface area contributed by atoms with Crippen LogP contribution in [0.15, 0.2) is 100 Å². The van der Waals surface area contributed by atoms with Crippen molar-refractivity contribution in [2.45, 2.75) is 41.2 Å². The second-order valence-corrected chi connectivity index (χ2v) is 12.9. The van der Waals surface area contributed by atoms with Gasteiger partial charge < -0.3 is 4.57 Å². The van der Waals surface area contributed by atoms with Crippen LogP contribution in [0, 0.1) is 4.64 Å². The Bertz CT molecular complexity index is 1830. The van der Waals surface area contributed by atoms with Crippen LogP contribution in [0.4, 0.5) is 0 Å². The van der Waals surface area contributed by atoms with E-state index in [0.717, 1.165) is 57.4 Å². The van der Waals surface area contributed by atoms with Crippen molar-refractivity contribution in [1.82, 2.24) is 19.5 Å². The molecule has 4 aromatic rings. The molecule has 1 aliphatic carbocycles. The second-order valence-electron chi connectivity index (χ2n) is 10.1. The van der Waals surface area contributed by atoms with Crippen molar-refractivity contribution in [3.8, 4) is 0 Å². The van der Waals surface area contributed by atoms with Gasteiger partial charge in [0.25, 0.3) is 0 Å². The van der Waals surface area contributed by atoms with Crippen LogP contribution in [0.3, 0.4) is 0 Å². The average molecular weight is 611 g/mol. The number of nitrogens with zero attached hydrogens (tertiary/aromatic N) is 4. The second kappa shape index (κ2) is 11.2. The van der Waals surface area contributed by atoms with Crippen molar-refractivity contribution in [2.24, 2.45) is 0 Å². The highest BCUT2D eigenvalue weighted by Crippen LogP contribution is 2.56. The monoisotopic (exact) mass is 610 g/mol. The third-order valence-electron chi connectivity index (χ3n) is 7.47. The Hall–Kier alpha value is -3.30. The Labute approximate surface area is 256 Å². The molecule has 0 N–H and O–H groups in total. The lowest BCUT2D eigenvalue weighted by Crippen LogP contribution is -2.22. The van der Waals surface area contributed by atoms with Gasteiger partial charge in [0.2, 0.25) is 5.12 Å². The number of thioether (sulfide) groups is 2. The number of carbonyl (C=O) groups excluding carboxylic acids is 1. The largest absolute Gasteiger partial charge is 0.306 e. The van der Waals surface area contributed by atoms with Crippen molar-refractivity contribution in [3.63, 3.8) is 0 Å². The fourth-order valence-electron chi connectivity index (χ4n) is 5.59. The summed E-state index contributed by atoms with van der Waals surface area (Å²) >= 11 is 15.2. The lowest BCUT2D eigenvalue weighted by Gasteiger charge is -2.35. The smallest absolute Gasteiger partial charge is 0.224 e. The molecule has 0 saturated carbocycles. The van der Waals surface area contributed by atoms with E-state index in [1.165, 1.54) is 22.3 Å². The molecular formula is C32H23ClN4OS3. The van der Waals surface area contributed by atoms with E-state index in [1.54, 1.807) is 11.8 Å². The Kier molecular flexibility index (Phi) is 7.25. The quantitative estimate of drug-likeness (QED) is 0.0995. The summed E-state index contributed by atoms with van der Waals surface area (Å²) in [6.07, 6.45) is 14.6. The molecule has 2 aliphatic heterocycles. The van der Waals surface area contributed by atoms with Gasteiger partial charge in [0.1, 0.15) is 9.67 Å². The van der Waals surface area contributed by atoms with Gasteiger partial charge in [-0.25, -0.2) is 4.98 Å². The van der Waals surface area contributed by atoms with E-state index in [-0.39, 0.29) is 10.4 Å². The number of rotatable bonds is 3. The summed E-state index contributed by atoms with van der Waals surface area (Å²) in [4.78, 5) is 26.8. The molecule has 3 aromatic heterocycles. The number of hydrogen-bond acceptors (Lipinski definition) is 7. The third kappa shape index (κ3) is 5.14. The van der Waals surface area contributed by atoms with Gasteiger partial charge in [-0.1, -0.05) is 53.8 Å². The topological polar surface area (TPSA) is 60.7 Å². The van der Waals surface area contributed by atoms with Crippen LogP contribution >= 0.6 is 47.3 Å². The number of aromatic nitrogens is 4. The fraction of sp³-hybridized carbons (Fsp3) is 0.156. The van der Waals surface area contributed by atoms with E-state index in [0.29, 0.717) is 22.3 Å². The number of allylic oxidation sites excluding steroid dienone is 2. The third-order valence-corrected chi connectivity index (χ3v) is 10.4. The highest BCUT2D eigenvalue weighted by atomic mass is 35.5. The van der Waals surface area contributed by atoms with Crippen LogP contribution in [0.1, 0.15) is 46.8 Å². The van der Waals surface area contributed by atoms with E-state index >= 15 is 0 Å². The fourth-order valence-corrected chi connectivity index (χ4v) is 8.41. The van der Waals surface area contributed by atoms with Crippen molar-refractivity contribution in [2.75, 3.05) is 0 Å². The Balaban J connectivity index is 1.40. The first kappa shape index (κ1) is 26.6. The Morgan fingerprint density at radius 1 is 0.902 bits per heavy atom. The van der Waals surface area contributed by atoms with Gasteiger partial charge in [-0.15, -0.1) is 0 Å². The van der Waals surface area contributed by atoms with E-state index in [4.69, 9.17) is 28.8 Å². The highest BCUT2D eigenvalue weighted by molar-refractivity contribution is 8.14. The molecule has 5 heterocycles. The van der Waals surface area contributed by atoms with Crippen LogP contribution in [-0.4, -0.2) is 24.6 Å². The standard InChI is InChI=1S/C32H23ClN4OS3/c33-24-6-4-19(5-7-24)17-23-18-37-30(39)27-26-22(16-20-8-12-34-13-9-20)2-1-3-25(26)28(21-10-14-35-15-11-21)40-29(27)36-32(37)41-31(23)38/h4-17,28H,1-3,18H2/b22-16+,23-17-. The van der Waals surface area contributed by atoms with E-state index in [9.17, 15) is 4.79 Å². The predicted octanol–water partition coefficient (Wildman–Crippen LogP) is 8.64. The van der Waals surface area contributed by atoms with Gasteiger partial charge in [0.05, 0.1) is 11.8 Å². The minimum atomic E-state index is -0.0101. The van der Waals surface area contributed by atoms with Gasteiger partial charge >= 0.3 is 0 Å². The minimum absolute atomic E-state index is 0.0101. The molecule has 0 amide bonds. The molecule has 0 radical (unpaired) electrons. The minimum Gasteiger partial charge on any atom is -0.306 e. The van der Waals surface area contributed by atoms with Crippen molar-refractivity contribution in [1.29, 1.82) is 0 Å². The molecule has 0 saturated heterocycles. The van der Waals surface area contributed by atoms with Crippen molar-refractivity contribution in [3.05, 3.63) is 122 Å². The number of carbonyl (C=O) groups is 1. The van der Waals surface area contributed by atoms with Crippen LogP contribution in [0.2, 0.25) is 5.02 Å². The Morgan fingerprint density at radius 3 is 2.34 bits per heavy atom. The van der Waals surface area contributed by atoms with Crippen LogP contribution in [0.5, 0.6) is 0 Å². The summed E-state index contributed by atoms with van der Waals surface area (Å²) in [5.41, 5.74) is 8.79. The normalized spacial score (nSPS) is 20.1. The zero-order valence-corrected chi connectivity index (χ0v) is 25.0. The molecule has 5 nitrogen and oxygen atoms in total. The molecule has 1 unspecified atom stereocenters. The number of halogens is 1. The highest BCUT2D eigenvalue weighted by Gasteiger charge is 2.36. The van der Waals surface area contributed by atoms with Gasteiger partial charge in [-0.05, 0) is 107 Å². The van der Waals surface area contributed by atoms with E-state index in [2.05, 4.69) is 28.2 Å². The predicted molar refractivity (Wildman–Crippen MR) is 169 cm³/mol. The maximum absolute atomic E-state index is 13.2. The van der Waals surface area contributed by atoms with Crippen LogP contribution in [-0.2, 0) is 11.3 Å². The molecular weight excluding hydrogens is 588 g/mol. The summed E-state index contributed by atoms with van der Waals surface area (Å²) in [6.45, 7) is 0.382. The zero-order chi connectivity index (χ0) is 27.9. The SMILES string of the molecule is O=C1Sc2nc3c(c(=S)n2C/C1=C/c1ccc(Cl)cc1)C1=C(CCC/C1=C\c1ccncc1)C(c1ccncc1)S3. The first-order valence-electron chi connectivity index (χ1n) is 13.3. The number of fused-ring (bicyclic) bond motifs is 3.